The minimum absolute atomic E-state index is 0.147. The molecule has 0 fully saturated rings. The molecule has 2 nitrogen and oxygen atoms in total. The van der Waals surface area contributed by atoms with Crippen molar-refractivity contribution in [2.24, 2.45) is 0 Å². The number of aromatic nitrogens is 2. The van der Waals surface area contributed by atoms with Gasteiger partial charge in [-0.25, -0.2) is 0 Å². The van der Waals surface area contributed by atoms with Crippen LogP contribution in [0.4, 0.5) is 0 Å². The summed E-state index contributed by atoms with van der Waals surface area (Å²) in [5, 5.41) is 0. The Kier molecular flexibility index (Phi) is 6.34. The van der Waals surface area contributed by atoms with Crippen molar-refractivity contribution in [3.63, 3.8) is 0 Å². The van der Waals surface area contributed by atoms with Crippen molar-refractivity contribution in [1.82, 2.24) is 8.75 Å². The van der Waals surface area contributed by atoms with E-state index >= 15 is 0 Å². The van der Waals surface area contributed by atoms with Gasteiger partial charge in [0, 0.05) is 11.1 Å². The molecule has 0 saturated heterocycles. The molecule has 4 aromatic rings. The Morgan fingerprint density at radius 3 is 1.26 bits per heavy atom. The number of nitrogens with zero attached hydrogens (tertiary/aromatic N) is 2. The van der Waals surface area contributed by atoms with Gasteiger partial charge in [-0.05, 0) is 69.9 Å². The zero-order valence-corrected chi connectivity index (χ0v) is 23.0. The molecule has 1 aliphatic carbocycles. The number of hydrogen-bond donors (Lipinski definition) is 0. The first kappa shape index (κ1) is 24.2. The van der Waals surface area contributed by atoms with Crippen LogP contribution in [-0.2, 0) is 23.7 Å². The van der Waals surface area contributed by atoms with Gasteiger partial charge in [0.05, 0.1) is 11.7 Å². The second-order valence-electron chi connectivity index (χ2n) is 12.2. The molecule has 3 heteroatoms. The first-order valence-corrected chi connectivity index (χ1v) is 13.9. The number of benzene rings is 3. The van der Waals surface area contributed by atoms with Crippen molar-refractivity contribution in [2.75, 3.05) is 0 Å². The van der Waals surface area contributed by atoms with Crippen LogP contribution in [0.5, 0.6) is 0 Å². The standard InChI is InChI=1S/C32H38N2S/c1-31(2,3)23-17-13-21(14-18-23)27-25-11-9-7-8-10-12-26(25)28(30-29(27)33-35-34-30)22-15-19-24(20-16-22)32(4,5)6/h13-20H,7-12H2,1-6H3. The average Bonchev–Trinajstić information content (AvgIpc) is 3.27. The van der Waals surface area contributed by atoms with E-state index in [2.05, 4.69) is 90.1 Å². The lowest BCUT2D eigenvalue weighted by atomic mass is 9.80. The molecule has 1 heterocycles. The zero-order chi connectivity index (χ0) is 24.8. The largest absolute Gasteiger partial charge is 0.172 e. The molecule has 0 radical (unpaired) electrons. The molecule has 0 aliphatic heterocycles. The molecule has 35 heavy (non-hydrogen) atoms. The highest BCUT2D eigenvalue weighted by molar-refractivity contribution is 7.00. The van der Waals surface area contributed by atoms with Crippen molar-refractivity contribution in [3.8, 4) is 22.3 Å². The molecule has 0 N–H and O–H groups in total. The van der Waals surface area contributed by atoms with E-state index in [1.165, 1.54) is 81.9 Å². The highest BCUT2D eigenvalue weighted by Gasteiger charge is 2.25. The van der Waals surface area contributed by atoms with Crippen LogP contribution in [0.15, 0.2) is 48.5 Å². The van der Waals surface area contributed by atoms with E-state index in [1.54, 1.807) is 0 Å². The van der Waals surface area contributed by atoms with Crippen LogP contribution in [0, 0.1) is 0 Å². The average molecular weight is 483 g/mol. The normalized spacial score (nSPS) is 15.0. The summed E-state index contributed by atoms with van der Waals surface area (Å²) in [4.78, 5) is 0. The van der Waals surface area contributed by atoms with Crippen LogP contribution < -0.4 is 0 Å². The Bertz CT molecular complexity index is 1230. The summed E-state index contributed by atoms with van der Waals surface area (Å²) in [6.07, 6.45) is 7.34. The molecule has 0 amide bonds. The van der Waals surface area contributed by atoms with Gasteiger partial charge in [-0.2, -0.15) is 8.75 Å². The maximum atomic E-state index is 4.90. The van der Waals surface area contributed by atoms with Crippen LogP contribution in [0.3, 0.4) is 0 Å². The third-order valence-corrected chi connectivity index (χ3v) is 8.14. The van der Waals surface area contributed by atoms with E-state index in [9.17, 15) is 0 Å². The summed E-state index contributed by atoms with van der Waals surface area (Å²) in [5.74, 6) is 0. The smallest absolute Gasteiger partial charge is 0.113 e. The monoisotopic (exact) mass is 482 g/mol. The van der Waals surface area contributed by atoms with Crippen LogP contribution in [-0.4, -0.2) is 8.75 Å². The lowest BCUT2D eigenvalue weighted by Crippen LogP contribution is -2.11. The van der Waals surface area contributed by atoms with Gasteiger partial charge in [0.25, 0.3) is 0 Å². The fourth-order valence-electron chi connectivity index (χ4n) is 5.51. The minimum Gasteiger partial charge on any atom is -0.172 e. The van der Waals surface area contributed by atoms with Gasteiger partial charge in [0.1, 0.15) is 11.0 Å². The summed E-state index contributed by atoms with van der Waals surface area (Å²) in [7, 11) is 0. The predicted molar refractivity (Wildman–Crippen MR) is 152 cm³/mol. The highest BCUT2D eigenvalue weighted by Crippen LogP contribution is 2.44. The van der Waals surface area contributed by atoms with Gasteiger partial charge >= 0.3 is 0 Å². The third-order valence-electron chi connectivity index (χ3n) is 7.61. The van der Waals surface area contributed by atoms with E-state index in [0.717, 1.165) is 23.9 Å². The first-order chi connectivity index (χ1) is 16.6. The van der Waals surface area contributed by atoms with Gasteiger partial charge in [-0.15, -0.1) is 0 Å². The lowest BCUT2D eigenvalue weighted by molar-refractivity contribution is 0.590. The Balaban J connectivity index is 1.75. The van der Waals surface area contributed by atoms with E-state index in [1.807, 2.05) is 0 Å². The molecular formula is C32H38N2S. The molecule has 0 saturated carbocycles. The Hall–Kier alpha value is -2.52. The summed E-state index contributed by atoms with van der Waals surface area (Å²) in [6.45, 7) is 13.7. The maximum Gasteiger partial charge on any atom is 0.113 e. The summed E-state index contributed by atoms with van der Waals surface area (Å²) >= 11 is 1.35. The second-order valence-corrected chi connectivity index (χ2v) is 12.8. The summed E-state index contributed by atoms with van der Waals surface area (Å²) < 4.78 is 9.80. The van der Waals surface area contributed by atoms with Gasteiger partial charge < -0.3 is 0 Å². The van der Waals surface area contributed by atoms with Crippen molar-refractivity contribution in [2.45, 2.75) is 90.9 Å². The van der Waals surface area contributed by atoms with E-state index in [0.29, 0.717) is 0 Å². The Morgan fingerprint density at radius 2 is 0.914 bits per heavy atom. The first-order valence-electron chi connectivity index (χ1n) is 13.2. The third kappa shape index (κ3) is 4.68. The highest BCUT2D eigenvalue weighted by atomic mass is 32.1. The topological polar surface area (TPSA) is 25.8 Å². The van der Waals surface area contributed by atoms with E-state index in [-0.39, 0.29) is 10.8 Å². The molecule has 0 bridgehead atoms. The Morgan fingerprint density at radius 1 is 0.543 bits per heavy atom. The Labute approximate surface area is 215 Å². The van der Waals surface area contributed by atoms with E-state index < -0.39 is 0 Å². The molecular weight excluding hydrogens is 444 g/mol. The fourth-order valence-corrected chi connectivity index (χ4v) is 6.07. The molecule has 182 valence electrons. The van der Waals surface area contributed by atoms with Crippen molar-refractivity contribution >= 4 is 22.8 Å². The number of fused-ring (bicyclic) bond motifs is 2. The molecule has 3 aromatic carbocycles. The second kappa shape index (κ2) is 9.17. The van der Waals surface area contributed by atoms with Crippen molar-refractivity contribution < 1.29 is 0 Å². The number of hydrogen-bond acceptors (Lipinski definition) is 3. The molecule has 1 aromatic heterocycles. The van der Waals surface area contributed by atoms with Crippen molar-refractivity contribution in [1.29, 1.82) is 0 Å². The molecule has 0 unspecified atom stereocenters. The summed E-state index contributed by atoms with van der Waals surface area (Å²) in [6, 6.07) is 18.4. The molecule has 5 rings (SSSR count). The summed E-state index contributed by atoms with van der Waals surface area (Å²) in [5.41, 5.74) is 13.4. The van der Waals surface area contributed by atoms with E-state index in [4.69, 9.17) is 8.75 Å². The van der Waals surface area contributed by atoms with Crippen molar-refractivity contribution in [3.05, 3.63) is 70.8 Å². The quantitative estimate of drug-likeness (QED) is 0.284. The SMILES string of the molecule is CC(C)(C)c1ccc(-c2c3c(c(-c4ccc(C(C)(C)C)cc4)c4nsnc24)CCCCCC3)cc1. The van der Waals surface area contributed by atoms with Gasteiger partial charge in [0.15, 0.2) is 0 Å². The van der Waals surface area contributed by atoms with Gasteiger partial charge in [-0.1, -0.05) is 103 Å². The fraction of sp³-hybridized carbons (Fsp3) is 0.438. The molecule has 1 aliphatic rings. The lowest BCUT2D eigenvalue weighted by Gasteiger charge is -2.24. The maximum absolute atomic E-state index is 4.90. The van der Waals surface area contributed by atoms with Crippen LogP contribution in [0.25, 0.3) is 33.3 Å². The van der Waals surface area contributed by atoms with Crippen LogP contribution >= 0.6 is 11.7 Å². The van der Waals surface area contributed by atoms with Gasteiger partial charge in [-0.3, -0.25) is 0 Å². The number of rotatable bonds is 2. The zero-order valence-electron chi connectivity index (χ0n) is 22.2. The molecule has 0 atom stereocenters. The van der Waals surface area contributed by atoms with Crippen LogP contribution in [0.1, 0.15) is 89.5 Å². The minimum atomic E-state index is 0.147. The predicted octanol–water partition coefficient (Wildman–Crippen LogP) is 9.28. The van der Waals surface area contributed by atoms with Gasteiger partial charge in [0.2, 0.25) is 0 Å². The van der Waals surface area contributed by atoms with Crippen LogP contribution in [0.2, 0.25) is 0 Å². The molecule has 0 spiro atoms.